The quantitative estimate of drug-likeness (QED) is 0.838. The molecule has 20 heavy (non-hydrogen) atoms. The zero-order valence-electron chi connectivity index (χ0n) is 11.3. The first-order valence-electron chi connectivity index (χ1n) is 6.83. The average Bonchev–Trinajstić information content (AvgIpc) is 2.45. The van der Waals surface area contributed by atoms with E-state index in [0.717, 1.165) is 18.4 Å². The van der Waals surface area contributed by atoms with Crippen molar-refractivity contribution in [3.63, 3.8) is 0 Å². The maximum absolute atomic E-state index is 11.6. The van der Waals surface area contributed by atoms with Gasteiger partial charge in [0, 0.05) is 0 Å². The van der Waals surface area contributed by atoms with Gasteiger partial charge >= 0.3 is 0 Å². The number of carbonyl (C=O) groups is 2. The number of nitrogens with two attached hydrogens (primary N) is 2. The molecule has 0 heterocycles. The molecule has 2 amide bonds. The van der Waals surface area contributed by atoms with Crippen LogP contribution in [-0.4, -0.2) is 17.9 Å². The summed E-state index contributed by atoms with van der Waals surface area (Å²) in [6.45, 7) is 0.404. The summed E-state index contributed by atoms with van der Waals surface area (Å²) in [5, 5.41) is 0. The van der Waals surface area contributed by atoms with Crippen LogP contribution in [0, 0.1) is 11.8 Å². The lowest BCUT2D eigenvalue weighted by atomic mass is 9.76. The molecule has 0 aliphatic heterocycles. The molecule has 0 radical (unpaired) electrons. The van der Waals surface area contributed by atoms with Crippen molar-refractivity contribution in [1.82, 2.24) is 0 Å². The third-order valence-electron chi connectivity index (χ3n) is 3.84. The number of amides is 2. The molecule has 2 rings (SSSR count). The number of carbonyl (C=O) groups excluding carboxylic acids is 2. The zero-order chi connectivity index (χ0) is 14.5. The van der Waals surface area contributed by atoms with E-state index in [1.165, 1.54) is 0 Å². The van der Waals surface area contributed by atoms with Crippen LogP contribution in [0.5, 0.6) is 0 Å². The SMILES string of the molecule is NC(=O)C1CCCC(OCc2ccccc2)C1C(N)=O. The Morgan fingerprint density at radius 3 is 2.40 bits per heavy atom. The van der Waals surface area contributed by atoms with E-state index in [-0.39, 0.29) is 6.10 Å². The van der Waals surface area contributed by atoms with E-state index in [9.17, 15) is 9.59 Å². The van der Waals surface area contributed by atoms with Gasteiger partial charge in [-0.25, -0.2) is 0 Å². The largest absolute Gasteiger partial charge is 0.373 e. The van der Waals surface area contributed by atoms with Crippen molar-refractivity contribution in [2.24, 2.45) is 23.3 Å². The van der Waals surface area contributed by atoms with Crippen molar-refractivity contribution in [1.29, 1.82) is 0 Å². The van der Waals surface area contributed by atoms with E-state index < -0.39 is 23.7 Å². The van der Waals surface area contributed by atoms with Crippen LogP contribution in [-0.2, 0) is 20.9 Å². The molecule has 4 N–H and O–H groups in total. The van der Waals surface area contributed by atoms with Gasteiger partial charge in [0.05, 0.1) is 24.5 Å². The van der Waals surface area contributed by atoms with Crippen LogP contribution in [0.4, 0.5) is 0 Å². The molecule has 1 saturated carbocycles. The standard InChI is InChI=1S/C15H20N2O3/c16-14(18)11-7-4-8-12(13(11)15(17)19)20-9-10-5-2-1-3-6-10/h1-3,5-6,11-13H,4,7-9H2,(H2,16,18)(H2,17,19). The predicted molar refractivity (Wildman–Crippen MR) is 74.2 cm³/mol. The summed E-state index contributed by atoms with van der Waals surface area (Å²) in [6, 6.07) is 9.69. The summed E-state index contributed by atoms with van der Waals surface area (Å²) < 4.78 is 5.81. The van der Waals surface area contributed by atoms with Gasteiger partial charge in [-0.3, -0.25) is 9.59 Å². The van der Waals surface area contributed by atoms with E-state index >= 15 is 0 Å². The highest BCUT2D eigenvalue weighted by Crippen LogP contribution is 2.32. The number of benzene rings is 1. The van der Waals surface area contributed by atoms with Gasteiger partial charge in [0.15, 0.2) is 0 Å². The molecule has 3 atom stereocenters. The summed E-state index contributed by atoms with van der Waals surface area (Å²) in [7, 11) is 0. The molecule has 1 fully saturated rings. The van der Waals surface area contributed by atoms with Crippen molar-refractivity contribution in [3.8, 4) is 0 Å². The average molecular weight is 276 g/mol. The molecule has 3 unspecified atom stereocenters. The minimum absolute atomic E-state index is 0.334. The van der Waals surface area contributed by atoms with Crippen LogP contribution in [0.2, 0.25) is 0 Å². The second-order valence-corrected chi connectivity index (χ2v) is 5.20. The fourth-order valence-corrected chi connectivity index (χ4v) is 2.82. The molecule has 108 valence electrons. The normalized spacial score (nSPS) is 26.1. The van der Waals surface area contributed by atoms with Crippen molar-refractivity contribution < 1.29 is 14.3 Å². The summed E-state index contributed by atoms with van der Waals surface area (Å²) in [5.74, 6) is -2.11. The van der Waals surface area contributed by atoms with Crippen molar-refractivity contribution >= 4 is 11.8 Å². The van der Waals surface area contributed by atoms with Gasteiger partial charge in [0.25, 0.3) is 0 Å². The van der Waals surface area contributed by atoms with Gasteiger partial charge in [-0.1, -0.05) is 36.8 Å². The molecule has 1 aliphatic rings. The Labute approximate surface area is 118 Å². The minimum Gasteiger partial charge on any atom is -0.373 e. The van der Waals surface area contributed by atoms with Crippen LogP contribution in [0.15, 0.2) is 30.3 Å². The van der Waals surface area contributed by atoms with Crippen LogP contribution in [0.25, 0.3) is 0 Å². The van der Waals surface area contributed by atoms with Gasteiger partial charge in [0.2, 0.25) is 11.8 Å². The highest BCUT2D eigenvalue weighted by molar-refractivity contribution is 5.86. The highest BCUT2D eigenvalue weighted by atomic mass is 16.5. The molecular weight excluding hydrogens is 256 g/mol. The van der Waals surface area contributed by atoms with Gasteiger partial charge < -0.3 is 16.2 Å². The smallest absolute Gasteiger partial charge is 0.223 e. The number of hydrogen-bond donors (Lipinski definition) is 2. The molecule has 5 nitrogen and oxygen atoms in total. The Hall–Kier alpha value is -1.88. The van der Waals surface area contributed by atoms with E-state index in [1.807, 2.05) is 30.3 Å². The molecule has 0 saturated heterocycles. The van der Waals surface area contributed by atoms with Gasteiger partial charge in [-0.2, -0.15) is 0 Å². The highest BCUT2D eigenvalue weighted by Gasteiger charge is 2.40. The topological polar surface area (TPSA) is 95.4 Å². The number of rotatable bonds is 5. The molecule has 0 bridgehead atoms. The third kappa shape index (κ3) is 3.36. The molecule has 0 spiro atoms. The Kier molecular flexibility index (Phi) is 4.74. The fraction of sp³-hybridized carbons (Fsp3) is 0.467. The first-order chi connectivity index (χ1) is 9.59. The maximum Gasteiger partial charge on any atom is 0.223 e. The summed E-state index contributed by atoms with van der Waals surface area (Å²) in [6.07, 6.45) is 1.81. The second kappa shape index (κ2) is 6.52. The molecule has 0 aromatic heterocycles. The minimum atomic E-state index is -0.620. The first kappa shape index (κ1) is 14.5. The monoisotopic (exact) mass is 276 g/mol. The Balaban J connectivity index is 2.04. The second-order valence-electron chi connectivity index (χ2n) is 5.20. The predicted octanol–water partition coefficient (Wildman–Crippen LogP) is 0.959. The Morgan fingerprint density at radius 2 is 1.80 bits per heavy atom. The van der Waals surface area contributed by atoms with Crippen LogP contribution in [0.3, 0.4) is 0 Å². The summed E-state index contributed by atoms with van der Waals surface area (Å²) >= 11 is 0. The fourth-order valence-electron chi connectivity index (χ4n) is 2.82. The van der Waals surface area contributed by atoms with E-state index in [4.69, 9.17) is 16.2 Å². The van der Waals surface area contributed by atoms with Crippen molar-refractivity contribution in [2.75, 3.05) is 0 Å². The van der Waals surface area contributed by atoms with Crippen molar-refractivity contribution in [2.45, 2.75) is 32.0 Å². The summed E-state index contributed by atoms with van der Waals surface area (Å²) in [5.41, 5.74) is 11.8. The van der Waals surface area contributed by atoms with Gasteiger partial charge in [-0.05, 0) is 18.4 Å². The van der Waals surface area contributed by atoms with Crippen LogP contribution >= 0.6 is 0 Å². The number of hydrogen-bond acceptors (Lipinski definition) is 3. The Bertz CT molecular complexity index is 475. The number of primary amides is 2. The van der Waals surface area contributed by atoms with E-state index in [0.29, 0.717) is 13.0 Å². The lowest BCUT2D eigenvalue weighted by molar-refractivity contribution is -0.142. The zero-order valence-corrected chi connectivity index (χ0v) is 11.3. The first-order valence-corrected chi connectivity index (χ1v) is 6.83. The lowest BCUT2D eigenvalue weighted by Crippen LogP contribution is -2.47. The van der Waals surface area contributed by atoms with Crippen LogP contribution in [0.1, 0.15) is 24.8 Å². The third-order valence-corrected chi connectivity index (χ3v) is 3.84. The Morgan fingerprint density at radius 1 is 1.10 bits per heavy atom. The maximum atomic E-state index is 11.6. The van der Waals surface area contributed by atoms with E-state index in [2.05, 4.69) is 0 Å². The van der Waals surface area contributed by atoms with Gasteiger partial charge in [-0.15, -0.1) is 0 Å². The summed E-state index contributed by atoms with van der Waals surface area (Å²) in [4.78, 5) is 23.1. The number of ether oxygens (including phenoxy) is 1. The van der Waals surface area contributed by atoms with Crippen molar-refractivity contribution in [3.05, 3.63) is 35.9 Å². The van der Waals surface area contributed by atoms with Gasteiger partial charge in [0.1, 0.15) is 0 Å². The molecular formula is C15H20N2O3. The van der Waals surface area contributed by atoms with E-state index in [1.54, 1.807) is 0 Å². The molecule has 1 aliphatic carbocycles. The lowest BCUT2D eigenvalue weighted by Gasteiger charge is -2.34. The molecule has 5 heteroatoms. The molecule has 1 aromatic rings. The van der Waals surface area contributed by atoms with Crippen LogP contribution < -0.4 is 11.5 Å². The molecule has 1 aromatic carbocycles.